The number of methoxy groups -OCH3 is 1. The number of carbonyl (C=O) groups excluding carboxylic acids is 2. The monoisotopic (exact) mass is 395 g/mol. The van der Waals surface area contributed by atoms with Gasteiger partial charge in [-0.25, -0.2) is 0 Å². The van der Waals surface area contributed by atoms with E-state index in [1.165, 1.54) is 17.3 Å². The molecule has 1 amide bonds. The second-order valence-corrected chi connectivity index (χ2v) is 7.16. The van der Waals surface area contributed by atoms with E-state index in [4.69, 9.17) is 4.74 Å². The van der Waals surface area contributed by atoms with Gasteiger partial charge in [0.1, 0.15) is 11.5 Å². The molecule has 152 valence electrons. The maximum atomic E-state index is 12.9. The second-order valence-electron chi connectivity index (χ2n) is 7.16. The molecular weight excluding hydrogens is 370 g/mol. The zero-order valence-corrected chi connectivity index (χ0v) is 16.8. The molecule has 0 spiro atoms. The van der Waals surface area contributed by atoms with E-state index in [2.05, 4.69) is 4.98 Å². The second kappa shape index (κ2) is 8.87. The Morgan fingerprint density at radius 2 is 1.93 bits per heavy atom. The first-order valence-electron chi connectivity index (χ1n) is 9.41. The zero-order valence-electron chi connectivity index (χ0n) is 16.8. The minimum Gasteiger partial charge on any atom is -0.507 e. The number of pyridine rings is 1. The van der Waals surface area contributed by atoms with Crippen molar-refractivity contribution in [3.05, 3.63) is 65.5 Å². The topological polar surface area (TPSA) is 83.0 Å². The third-order valence-corrected chi connectivity index (χ3v) is 4.91. The molecule has 0 aliphatic carbocycles. The normalized spacial score (nSPS) is 18.5. The van der Waals surface area contributed by atoms with Crippen molar-refractivity contribution in [1.82, 2.24) is 14.8 Å². The smallest absolute Gasteiger partial charge is 0.295 e. The van der Waals surface area contributed by atoms with Crippen LogP contribution in [0.1, 0.15) is 23.6 Å². The molecule has 1 fully saturated rings. The molecule has 0 unspecified atom stereocenters. The Labute approximate surface area is 170 Å². The fourth-order valence-corrected chi connectivity index (χ4v) is 3.49. The Bertz CT molecular complexity index is 925. The van der Waals surface area contributed by atoms with Crippen LogP contribution in [-0.2, 0) is 9.59 Å². The van der Waals surface area contributed by atoms with Crippen LogP contribution < -0.4 is 4.74 Å². The Morgan fingerprint density at radius 3 is 2.59 bits per heavy atom. The number of nitrogens with zero attached hydrogens (tertiary/aromatic N) is 3. The van der Waals surface area contributed by atoms with E-state index in [-0.39, 0.29) is 11.3 Å². The fourth-order valence-electron chi connectivity index (χ4n) is 3.49. The number of amides is 1. The van der Waals surface area contributed by atoms with Gasteiger partial charge < -0.3 is 19.6 Å². The van der Waals surface area contributed by atoms with Gasteiger partial charge in [0.25, 0.3) is 11.7 Å². The summed E-state index contributed by atoms with van der Waals surface area (Å²) in [7, 11) is 5.47. The molecule has 29 heavy (non-hydrogen) atoms. The van der Waals surface area contributed by atoms with Crippen LogP contribution >= 0.6 is 0 Å². The van der Waals surface area contributed by atoms with Gasteiger partial charge in [-0.05, 0) is 56.9 Å². The maximum Gasteiger partial charge on any atom is 0.295 e. The number of benzene rings is 1. The molecule has 7 heteroatoms. The molecular formula is C22H25N3O4. The predicted octanol–water partition coefficient (Wildman–Crippen LogP) is 2.46. The largest absolute Gasteiger partial charge is 0.507 e. The van der Waals surface area contributed by atoms with Crippen molar-refractivity contribution in [2.24, 2.45) is 0 Å². The molecule has 0 saturated carbocycles. The summed E-state index contributed by atoms with van der Waals surface area (Å²) in [6, 6.07) is 9.76. The Balaban J connectivity index is 2.09. The minimum atomic E-state index is -0.683. The van der Waals surface area contributed by atoms with Gasteiger partial charge in [0.05, 0.1) is 18.7 Å². The third kappa shape index (κ3) is 4.30. The Morgan fingerprint density at radius 1 is 1.21 bits per heavy atom. The van der Waals surface area contributed by atoms with Crippen molar-refractivity contribution in [3.63, 3.8) is 0 Å². The average molecular weight is 395 g/mol. The van der Waals surface area contributed by atoms with E-state index in [9.17, 15) is 14.7 Å². The van der Waals surface area contributed by atoms with E-state index in [0.717, 1.165) is 6.54 Å². The molecule has 3 rings (SSSR count). The van der Waals surface area contributed by atoms with Crippen molar-refractivity contribution in [2.45, 2.75) is 12.5 Å². The molecule has 0 radical (unpaired) electrons. The van der Waals surface area contributed by atoms with E-state index in [1.54, 1.807) is 37.4 Å². The fraction of sp³-hybridized carbons (Fsp3) is 0.318. The third-order valence-electron chi connectivity index (χ3n) is 4.91. The van der Waals surface area contributed by atoms with Gasteiger partial charge >= 0.3 is 0 Å². The lowest BCUT2D eigenvalue weighted by molar-refractivity contribution is -0.139. The molecule has 2 aromatic rings. The van der Waals surface area contributed by atoms with Crippen molar-refractivity contribution in [3.8, 4) is 5.75 Å². The van der Waals surface area contributed by atoms with Crippen LogP contribution in [-0.4, -0.2) is 65.9 Å². The van der Waals surface area contributed by atoms with Gasteiger partial charge in [-0.15, -0.1) is 0 Å². The SMILES string of the molecule is COc1cccc([C@@H]2/C(=C(\O)c3ccncc3)C(=O)C(=O)N2CCCN(C)C)c1. The Hall–Kier alpha value is -3.19. The summed E-state index contributed by atoms with van der Waals surface area (Å²) in [4.78, 5) is 33.2. The highest BCUT2D eigenvalue weighted by molar-refractivity contribution is 6.46. The molecule has 1 N–H and O–H groups in total. The lowest BCUT2D eigenvalue weighted by Gasteiger charge is -2.26. The van der Waals surface area contributed by atoms with Gasteiger partial charge in [-0.3, -0.25) is 14.6 Å². The molecule has 1 atom stereocenters. The highest BCUT2D eigenvalue weighted by Gasteiger charge is 2.45. The maximum absolute atomic E-state index is 12.9. The lowest BCUT2D eigenvalue weighted by atomic mass is 9.95. The van der Waals surface area contributed by atoms with Crippen LogP contribution in [0.2, 0.25) is 0 Å². The first-order chi connectivity index (χ1) is 13.9. The molecule has 1 aromatic carbocycles. The van der Waals surface area contributed by atoms with E-state index in [1.807, 2.05) is 25.1 Å². The lowest BCUT2D eigenvalue weighted by Crippen LogP contribution is -2.32. The van der Waals surface area contributed by atoms with Crippen LogP contribution in [0.25, 0.3) is 5.76 Å². The summed E-state index contributed by atoms with van der Waals surface area (Å²) in [6.45, 7) is 1.18. The number of aliphatic hydroxyl groups excluding tert-OH is 1. The highest BCUT2D eigenvalue weighted by Crippen LogP contribution is 2.40. The van der Waals surface area contributed by atoms with E-state index in [0.29, 0.717) is 29.8 Å². The molecule has 1 saturated heterocycles. The highest BCUT2D eigenvalue weighted by atomic mass is 16.5. The van der Waals surface area contributed by atoms with E-state index < -0.39 is 17.7 Å². The summed E-state index contributed by atoms with van der Waals surface area (Å²) in [6.07, 6.45) is 3.77. The summed E-state index contributed by atoms with van der Waals surface area (Å²) >= 11 is 0. The van der Waals surface area contributed by atoms with Gasteiger partial charge in [0.2, 0.25) is 0 Å². The van der Waals surface area contributed by atoms with Crippen molar-refractivity contribution in [1.29, 1.82) is 0 Å². The number of hydrogen-bond acceptors (Lipinski definition) is 6. The summed E-state index contributed by atoms with van der Waals surface area (Å²) < 4.78 is 5.31. The van der Waals surface area contributed by atoms with Crippen molar-refractivity contribution in [2.75, 3.05) is 34.3 Å². The number of ketones is 1. The van der Waals surface area contributed by atoms with Crippen LogP contribution in [0.4, 0.5) is 0 Å². The average Bonchev–Trinajstić information content (AvgIpc) is 2.98. The minimum absolute atomic E-state index is 0.0827. The molecule has 1 aliphatic heterocycles. The van der Waals surface area contributed by atoms with Crippen molar-refractivity contribution < 1.29 is 19.4 Å². The summed E-state index contributed by atoms with van der Waals surface area (Å²) in [5, 5.41) is 10.9. The first kappa shape index (κ1) is 20.5. The first-order valence-corrected chi connectivity index (χ1v) is 9.41. The predicted molar refractivity (Wildman–Crippen MR) is 109 cm³/mol. The summed E-state index contributed by atoms with van der Waals surface area (Å²) in [5.74, 6) is -0.872. The molecule has 1 aliphatic rings. The number of likely N-dealkylation sites (tertiary alicyclic amines) is 1. The zero-order chi connectivity index (χ0) is 21.0. The number of carbonyl (C=O) groups is 2. The Kier molecular flexibility index (Phi) is 6.29. The number of rotatable bonds is 7. The van der Waals surface area contributed by atoms with Crippen LogP contribution in [0.15, 0.2) is 54.4 Å². The van der Waals surface area contributed by atoms with Gasteiger partial charge in [-0.2, -0.15) is 0 Å². The van der Waals surface area contributed by atoms with Crippen LogP contribution in [0, 0.1) is 0 Å². The van der Waals surface area contributed by atoms with E-state index >= 15 is 0 Å². The molecule has 1 aromatic heterocycles. The molecule has 0 bridgehead atoms. The standard InChI is InChI=1S/C22H25N3O4/c1-24(2)12-5-13-25-19(16-6-4-7-17(14-16)29-3)18(21(27)22(25)28)20(26)15-8-10-23-11-9-15/h4,6-11,14,19,26H,5,12-13H2,1-3H3/b20-18+/t19-/m1/s1. The van der Waals surface area contributed by atoms with Gasteiger partial charge in [0, 0.05) is 24.5 Å². The number of aromatic nitrogens is 1. The van der Waals surface area contributed by atoms with Crippen LogP contribution in [0.3, 0.4) is 0 Å². The number of aliphatic hydroxyl groups is 1. The van der Waals surface area contributed by atoms with Crippen LogP contribution in [0.5, 0.6) is 5.75 Å². The number of Topliss-reactive ketones (excluding diaryl/α,β-unsaturated/α-hetero) is 1. The van der Waals surface area contributed by atoms with Crippen molar-refractivity contribution >= 4 is 17.4 Å². The molecule has 2 heterocycles. The van der Waals surface area contributed by atoms with Gasteiger partial charge in [0.15, 0.2) is 0 Å². The summed E-state index contributed by atoms with van der Waals surface area (Å²) in [5.41, 5.74) is 1.24. The molecule has 7 nitrogen and oxygen atoms in total. The van der Waals surface area contributed by atoms with Gasteiger partial charge in [-0.1, -0.05) is 12.1 Å². The quantitative estimate of drug-likeness (QED) is 0.441. The number of ether oxygens (including phenoxy) is 1. The number of hydrogen-bond donors (Lipinski definition) is 1.